The number of carbonyl (C=O) groups is 2. The van der Waals surface area contributed by atoms with Crippen molar-refractivity contribution in [3.05, 3.63) is 53.7 Å². The minimum atomic E-state index is -0.370. The summed E-state index contributed by atoms with van der Waals surface area (Å²) in [5, 5.41) is 7.92. The highest BCUT2D eigenvalue weighted by atomic mass is 19.1. The molecule has 10 heteroatoms. The molecule has 9 nitrogen and oxygen atoms in total. The molecule has 3 aromatic rings. The van der Waals surface area contributed by atoms with Crippen LogP contribution in [0.15, 0.2) is 41.1 Å². The minimum absolute atomic E-state index is 0.0483. The molecule has 1 aliphatic heterocycles. The van der Waals surface area contributed by atoms with Gasteiger partial charge in [0.25, 0.3) is 5.88 Å². The molecule has 2 aromatic heterocycles. The number of nitrogens with two attached hydrogens (primary N) is 1. The van der Waals surface area contributed by atoms with Crippen molar-refractivity contribution in [2.75, 3.05) is 25.9 Å². The molecule has 2 N–H and O–H groups in total. The van der Waals surface area contributed by atoms with Gasteiger partial charge in [-0.1, -0.05) is 0 Å². The van der Waals surface area contributed by atoms with Crippen LogP contribution in [0.1, 0.15) is 35.4 Å². The molecule has 1 saturated heterocycles. The lowest BCUT2D eigenvalue weighted by molar-refractivity contribution is -0.132. The molecule has 3 heterocycles. The highest BCUT2D eigenvalue weighted by molar-refractivity contribution is 6.02. The number of ether oxygens (including phenoxy) is 1. The SMILES string of the molecule is COc1cc(CCC(=O)N2CCCC(C(=O)c3cnn(-c4ccc(F)cc4)c3N)C2)on1. The Labute approximate surface area is 183 Å². The van der Waals surface area contributed by atoms with Gasteiger partial charge in [0.15, 0.2) is 5.78 Å². The molecule has 1 aromatic carbocycles. The van der Waals surface area contributed by atoms with E-state index in [1.165, 1.54) is 42.3 Å². The topological polar surface area (TPSA) is 116 Å². The van der Waals surface area contributed by atoms with E-state index >= 15 is 0 Å². The van der Waals surface area contributed by atoms with Crippen LogP contribution < -0.4 is 10.5 Å². The summed E-state index contributed by atoms with van der Waals surface area (Å²) < 4.78 is 24.7. The zero-order valence-electron chi connectivity index (χ0n) is 17.7. The number of nitrogen functional groups attached to an aromatic ring is 1. The Bertz CT molecular complexity index is 1110. The maximum Gasteiger partial charge on any atom is 0.254 e. The number of piperidine rings is 1. The van der Waals surface area contributed by atoms with Gasteiger partial charge in [-0.15, -0.1) is 0 Å². The van der Waals surface area contributed by atoms with Crippen LogP contribution in [0.5, 0.6) is 5.88 Å². The first-order valence-corrected chi connectivity index (χ1v) is 10.4. The van der Waals surface area contributed by atoms with E-state index in [1.54, 1.807) is 11.0 Å². The van der Waals surface area contributed by atoms with E-state index < -0.39 is 0 Å². The lowest BCUT2D eigenvalue weighted by Crippen LogP contribution is -2.42. The normalized spacial score (nSPS) is 16.2. The van der Waals surface area contributed by atoms with Crippen molar-refractivity contribution in [1.82, 2.24) is 19.8 Å². The van der Waals surface area contributed by atoms with Crippen molar-refractivity contribution in [2.45, 2.75) is 25.7 Å². The number of Topliss-reactive ketones (excluding diaryl/α,β-unsaturated/α-hetero) is 1. The molecule has 1 aliphatic rings. The molecule has 32 heavy (non-hydrogen) atoms. The molecule has 1 atom stereocenters. The number of rotatable bonds is 7. The maximum absolute atomic E-state index is 13.2. The summed E-state index contributed by atoms with van der Waals surface area (Å²) >= 11 is 0. The molecule has 0 aliphatic carbocycles. The number of hydrogen-bond acceptors (Lipinski definition) is 7. The fraction of sp³-hybridized carbons (Fsp3) is 0.364. The summed E-state index contributed by atoms with van der Waals surface area (Å²) in [6, 6.07) is 7.34. The Morgan fingerprint density at radius 2 is 2.09 bits per heavy atom. The van der Waals surface area contributed by atoms with Crippen LogP contribution >= 0.6 is 0 Å². The van der Waals surface area contributed by atoms with Gasteiger partial charge in [0, 0.05) is 37.9 Å². The summed E-state index contributed by atoms with van der Waals surface area (Å²) in [6.07, 6.45) is 3.48. The second kappa shape index (κ2) is 9.21. The van der Waals surface area contributed by atoms with Crippen molar-refractivity contribution < 1.29 is 23.2 Å². The highest BCUT2D eigenvalue weighted by Gasteiger charge is 2.31. The molecule has 0 spiro atoms. The molecule has 0 saturated carbocycles. The predicted octanol–water partition coefficient (Wildman–Crippen LogP) is 2.64. The fourth-order valence-electron chi connectivity index (χ4n) is 3.87. The predicted molar refractivity (Wildman–Crippen MR) is 113 cm³/mol. The molecular formula is C22H24FN5O4. The standard InChI is InChI=1S/C22H24FN5O4/c1-31-19-11-17(32-26-19)8-9-20(29)27-10-2-3-14(13-27)21(30)18-12-25-28(22(18)24)16-6-4-15(23)5-7-16/h4-7,11-12,14H,2-3,8-10,13,24H2,1H3. The largest absolute Gasteiger partial charge is 0.479 e. The number of benzene rings is 1. The molecular weight excluding hydrogens is 417 g/mol. The maximum atomic E-state index is 13.2. The second-order valence-corrected chi connectivity index (χ2v) is 7.71. The van der Waals surface area contributed by atoms with Gasteiger partial charge in [0.2, 0.25) is 5.91 Å². The van der Waals surface area contributed by atoms with Gasteiger partial charge in [-0.2, -0.15) is 5.10 Å². The van der Waals surface area contributed by atoms with Crippen LogP contribution in [0.25, 0.3) is 5.69 Å². The number of aromatic nitrogens is 3. The number of likely N-dealkylation sites (tertiary alicyclic amines) is 1. The van der Waals surface area contributed by atoms with Gasteiger partial charge in [-0.3, -0.25) is 9.59 Å². The van der Waals surface area contributed by atoms with Gasteiger partial charge >= 0.3 is 0 Å². The van der Waals surface area contributed by atoms with Crippen molar-refractivity contribution >= 4 is 17.5 Å². The summed E-state index contributed by atoms with van der Waals surface area (Å²) in [5.41, 5.74) is 7.05. The first-order chi connectivity index (χ1) is 15.5. The van der Waals surface area contributed by atoms with Crippen molar-refractivity contribution in [1.29, 1.82) is 0 Å². The average Bonchev–Trinajstić information content (AvgIpc) is 3.44. The van der Waals surface area contributed by atoms with Crippen molar-refractivity contribution in [3.8, 4) is 11.6 Å². The van der Waals surface area contributed by atoms with E-state index in [-0.39, 0.29) is 35.7 Å². The summed E-state index contributed by atoms with van der Waals surface area (Å²) in [7, 11) is 1.49. The Balaban J connectivity index is 1.40. The monoisotopic (exact) mass is 441 g/mol. The zero-order valence-corrected chi connectivity index (χ0v) is 17.7. The van der Waals surface area contributed by atoms with Gasteiger partial charge in [0.1, 0.15) is 17.4 Å². The average molecular weight is 441 g/mol. The van der Waals surface area contributed by atoms with Crippen LogP contribution in [0.4, 0.5) is 10.2 Å². The molecule has 4 rings (SSSR count). The molecule has 1 amide bonds. The molecule has 0 radical (unpaired) electrons. The summed E-state index contributed by atoms with van der Waals surface area (Å²) in [6.45, 7) is 0.936. The third-order valence-electron chi connectivity index (χ3n) is 5.62. The number of amides is 1. The van der Waals surface area contributed by atoms with Gasteiger partial charge in [-0.05, 0) is 42.3 Å². The van der Waals surface area contributed by atoms with E-state index in [4.69, 9.17) is 15.0 Å². The number of ketones is 1. The number of nitrogens with zero attached hydrogens (tertiary/aromatic N) is 4. The smallest absolute Gasteiger partial charge is 0.254 e. The molecule has 0 bridgehead atoms. The first-order valence-electron chi connectivity index (χ1n) is 10.4. The summed E-state index contributed by atoms with van der Waals surface area (Å²) in [4.78, 5) is 27.5. The zero-order chi connectivity index (χ0) is 22.7. The molecule has 1 fully saturated rings. The third-order valence-corrected chi connectivity index (χ3v) is 5.62. The molecule has 168 valence electrons. The number of hydrogen-bond donors (Lipinski definition) is 1. The number of anilines is 1. The van der Waals surface area contributed by atoms with Crippen molar-refractivity contribution in [2.24, 2.45) is 5.92 Å². The van der Waals surface area contributed by atoms with E-state index in [1.807, 2.05) is 0 Å². The van der Waals surface area contributed by atoms with Gasteiger partial charge in [-0.25, -0.2) is 9.07 Å². The van der Waals surface area contributed by atoms with E-state index in [0.29, 0.717) is 48.8 Å². The van der Waals surface area contributed by atoms with Gasteiger partial charge < -0.3 is 19.9 Å². The number of methoxy groups -OCH3 is 1. The van der Waals surface area contributed by atoms with Crippen LogP contribution in [0.3, 0.4) is 0 Å². The number of carbonyl (C=O) groups excluding carboxylic acids is 2. The van der Waals surface area contributed by atoms with E-state index in [2.05, 4.69) is 10.3 Å². The number of aryl methyl sites for hydroxylation is 1. The Hall–Kier alpha value is -3.69. The van der Waals surface area contributed by atoms with Crippen LogP contribution in [-0.4, -0.2) is 51.7 Å². The fourth-order valence-corrected chi connectivity index (χ4v) is 3.87. The quantitative estimate of drug-likeness (QED) is 0.560. The lowest BCUT2D eigenvalue weighted by atomic mass is 9.90. The minimum Gasteiger partial charge on any atom is -0.479 e. The Morgan fingerprint density at radius 3 is 2.81 bits per heavy atom. The van der Waals surface area contributed by atoms with E-state index in [0.717, 1.165) is 6.42 Å². The van der Waals surface area contributed by atoms with Crippen LogP contribution in [0.2, 0.25) is 0 Å². The third kappa shape index (κ3) is 4.48. The van der Waals surface area contributed by atoms with Crippen LogP contribution in [-0.2, 0) is 11.2 Å². The van der Waals surface area contributed by atoms with E-state index in [9.17, 15) is 14.0 Å². The first kappa shape index (κ1) is 21.5. The van der Waals surface area contributed by atoms with Gasteiger partial charge in [0.05, 0.1) is 24.6 Å². The second-order valence-electron chi connectivity index (χ2n) is 7.71. The Morgan fingerprint density at radius 1 is 1.31 bits per heavy atom. The number of halogens is 1. The van der Waals surface area contributed by atoms with Crippen molar-refractivity contribution in [3.63, 3.8) is 0 Å². The lowest BCUT2D eigenvalue weighted by Gasteiger charge is -2.32. The van der Waals surface area contributed by atoms with Crippen LogP contribution in [0, 0.1) is 11.7 Å². The molecule has 1 unspecified atom stereocenters. The Kier molecular flexibility index (Phi) is 6.20. The summed E-state index contributed by atoms with van der Waals surface area (Å²) in [5.74, 6) is 0.220. The highest BCUT2D eigenvalue weighted by Crippen LogP contribution is 2.26.